The number of aliphatic hydroxyl groups is 1. The zero-order valence-electron chi connectivity index (χ0n) is 10.2. The Bertz CT molecular complexity index is 431. The molecule has 6 heteroatoms. The van der Waals surface area contributed by atoms with E-state index in [-0.39, 0.29) is 0 Å². The van der Waals surface area contributed by atoms with Crippen molar-refractivity contribution >= 4 is 0 Å². The number of benzene rings is 1. The average molecular weight is 227 g/mol. The Balaban J connectivity index is 3.19. The molecule has 0 aromatic heterocycles. The van der Waals surface area contributed by atoms with E-state index in [0.29, 0.717) is 18.2 Å². The zero-order chi connectivity index (χ0) is 14.1. The Morgan fingerprint density at radius 1 is 1.47 bits per heavy atom. The number of aliphatic hydroxyl groups excluding tert-OH is 1. The molecule has 0 aliphatic carbocycles. The van der Waals surface area contributed by atoms with Gasteiger partial charge in [-0.25, -0.2) is 4.39 Å². The van der Waals surface area contributed by atoms with E-state index in [1.807, 2.05) is 0 Å². The first kappa shape index (κ1) is 7.92. The van der Waals surface area contributed by atoms with Crippen molar-refractivity contribution in [2.45, 2.75) is 12.3 Å². The van der Waals surface area contributed by atoms with Gasteiger partial charge in [-0.2, -0.15) is 13.2 Å². The zero-order valence-corrected chi connectivity index (χ0v) is 7.18. The van der Waals surface area contributed by atoms with Gasteiger partial charge < -0.3 is 9.84 Å². The molecule has 0 saturated carbocycles. The number of hydrogen-bond donors (Lipinski definition) is 1. The summed E-state index contributed by atoms with van der Waals surface area (Å²) in [6.45, 7) is 0. The third-order valence-corrected chi connectivity index (χ3v) is 1.69. The van der Waals surface area contributed by atoms with Gasteiger partial charge in [0.25, 0.3) is 0 Å². The van der Waals surface area contributed by atoms with Crippen LogP contribution in [0.25, 0.3) is 0 Å². The third kappa shape index (κ3) is 2.59. The van der Waals surface area contributed by atoms with E-state index in [1.165, 1.54) is 0 Å². The molecule has 1 unspecified atom stereocenters. The van der Waals surface area contributed by atoms with Crippen molar-refractivity contribution < 1.29 is 31.5 Å². The summed E-state index contributed by atoms with van der Waals surface area (Å²) < 4.78 is 74.3. The second-order valence-corrected chi connectivity index (χ2v) is 2.73. The van der Waals surface area contributed by atoms with Crippen molar-refractivity contribution in [2.24, 2.45) is 0 Å². The minimum atomic E-state index is -5.01. The van der Waals surface area contributed by atoms with Gasteiger partial charge in [0.2, 0.25) is 0 Å². The summed E-state index contributed by atoms with van der Waals surface area (Å²) in [5.41, 5.74) is -0.861. The maximum Gasteiger partial charge on any atom is 0.418 e. The standard InChI is InChI=1S/C9H8F4O2/c1-15-7-4-5(10)2-3-6(7)8(14)9(11,12)13/h2-4,8,14H,1H3/i1D3. The molecule has 0 aliphatic heterocycles. The fraction of sp³-hybridized carbons (Fsp3) is 0.333. The molecule has 0 radical (unpaired) electrons. The quantitative estimate of drug-likeness (QED) is 0.786. The predicted molar refractivity (Wildman–Crippen MR) is 44.0 cm³/mol. The molecule has 1 rings (SSSR count). The van der Waals surface area contributed by atoms with Gasteiger partial charge in [-0.3, -0.25) is 0 Å². The van der Waals surface area contributed by atoms with Gasteiger partial charge in [0.05, 0.1) is 11.2 Å². The summed E-state index contributed by atoms with van der Waals surface area (Å²) in [4.78, 5) is 0. The lowest BCUT2D eigenvalue weighted by molar-refractivity contribution is -0.207. The van der Waals surface area contributed by atoms with Gasteiger partial charge in [-0.05, 0) is 12.1 Å². The maximum absolute atomic E-state index is 12.9. The van der Waals surface area contributed by atoms with Crippen LogP contribution in [0.15, 0.2) is 18.2 Å². The van der Waals surface area contributed by atoms with Crippen LogP contribution in [-0.2, 0) is 0 Å². The highest BCUT2D eigenvalue weighted by Crippen LogP contribution is 2.37. The van der Waals surface area contributed by atoms with Crippen molar-refractivity contribution in [2.75, 3.05) is 7.04 Å². The molecule has 1 aromatic rings. The number of hydrogen-bond acceptors (Lipinski definition) is 2. The van der Waals surface area contributed by atoms with Crippen LogP contribution in [0.3, 0.4) is 0 Å². The van der Waals surface area contributed by atoms with Gasteiger partial charge >= 0.3 is 6.18 Å². The van der Waals surface area contributed by atoms with Crippen LogP contribution in [0.4, 0.5) is 17.6 Å². The number of methoxy groups -OCH3 is 1. The van der Waals surface area contributed by atoms with E-state index in [4.69, 9.17) is 9.22 Å². The van der Waals surface area contributed by atoms with Crippen LogP contribution in [0.5, 0.6) is 5.75 Å². The monoisotopic (exact) mass is 227 g/mol. The second kappa shape index (κ2) is 4.06. The molecule has 1 atom stereocenters. The van der Waals surface area contributed by atoms with Gasteiger partial charge in [0.1, 0.15) is 11.6 Å². The number of ether oxygens (including phenoxy) is 1. The smallest absolute Gasteiger partial charge is 0.418 e. The highest BCUT2D eigenvalue weighted by molar-refractivity contribution is 5.36. The normalized spacial score (nSPS) is 17.5. The molecular formula is C9H8F4O2. The molecule has 0 fully saturated rings. The minimum absolute atomic E-state index is 0.469. The van der Waals surface area contributed by atoms with Gasteiger partial charge in [0.15, 0.2) is 6.10 Å². The molecule has 84 valence electrons. The fourth-order valence-corrected chi connectivity index (χ4v) is 0.999. The largest absolute Gasteiger partial charge is 0.496 e. The van der Waals surface area contributed by atoms with Crippen LogP contribution in [-0.4, -0.2) is 18.3 Å². The molecular weight excluding hydrogens is 216 g/mol. The van der Waals surface area contributed by atoms with Crippen LogP contribution < -0.4 is 4.74 Å². The molecule has 0 aliphatic rings. The number of rotatable bonds is 2. The molecule has 2 nitrogen and oxygen atoms in total. The summed E-state index contributed by atoms with van der Waals surface area (Å²) in [5, 5.41) is 9.01. The molecule has 1 N–H and O–H groups in total. The first-order chi connectivity index (χ1) is 8.00. The lowest BCUT2D eigenvalue weighted by atomic mass is 10.1. The maximum atomic E-state index is 12.9. The van der Waals surface area contributed by atoms with Gasteiger partial charge in [-0.1, -0.05) is 0 Å². The minimum Gasteiger partial charge on any atom is -0.496 e. The van der Waals surface area contributed by atoms with Crippen LogP contribution in [0.1, 0.15) is 15.8 Å². The third-order valence-electron chi connectivity index (χ3n) is 1.69. The van der Waals surface area contributed by atoms with Crippen molar-refractivity contribution in [3.63, 3.8) is 0 Å². The molecule has 0 saturated heterocycles. The van der Waals surface area contributed by atoms with E-state index < -0.39 is 36.4 Å². The Hall–Kier alpha value is -1.30. The summed E-state index contributed by atoms with van der Waals surface area (Å²) in [6.07, 6.45) is -7.96. The molecule has 0 bridgehead atoms. The average Bonchev–Trinajstić information content (AvgIpc) is 2.12. The second-order valence-electron chi connectivity index (χ2n) is 2.73. The van der Waals surface area contributed by atoms with Crippen LogP contribution >= 0.6 is 0 Å². The van der Waals surface area contributed by atoms with Gasteiger partial charge in [0, 0.05) is 11.6 Å². The highest BCUT2D eigenvalue weighted by atomic mass is 19.4. The van der Waals surface area contributed by atoms with E-state index >= 15 is 0 Å². The molecule has 0 spiro atoms. The SMILES string of the molecule is [2H]C([2H])([2H])Oc1cc(F)ccc1C(O)C(F)(F)F. The Kier molecular flexibility index (Phi) is 2.14. The van der Waals surface area contributed by atoms with E-state index in [2.05, 4.69) is 4.74 Å². The molecule has 1 aromatic carbocycles. The number of halogens is 4. The predicted octanol–water partition coefficient (Wildman–Crippen LogP) is 2.43. The van der Waals surface area contributed by atoms with Crippen molar-refractivity contribution in [3.05, 3.63) is 29.6 Å². The van der Waals surface area contributed by atoms with Crippen molar-refractivity contribution in [1.29, 1.82) is 0 Å². The Labute approximate surface area is 87.3 Å². The van der Waals surface area contributed by atoms with Crippen molar-refractivity contribution in [3.8, 4) is 5.75 Å². The summed E-state index contributed by atoms with van der Waals surface area (Å²) in [7, 11) is -3.05. The van der Waals surface area contributed by atoms with Crippen LogP contribution in [0.2, 0.25) is 0 Å². The Morgan fingerprint density at radius 3 is 2.67 bits per heavy atom. The molecule has 0 amide bonds. The van der Waals surface area contributed by atoms with E-state index in [0.717, 1.165) is 0 Å². The fourth-order valence-electron chi connectivity index (χ4n) is 0.999. The van der Waals surface area contributed by atoms with Gasteiger partial charge in [-0.15, -0.1) is 0 Å². The first-order valence-corrected chi connectivity index (χ1v) is 3.74. The van der Waals surface area contributed by atoms with Crippen LogP contribution in [0, 0.1) is 5.82 Å². The van der Waals surface area contributed by atoms with E-state index in [1.54, 1.807) is 0 Å². The lowest BCUT2D eigenvalue weighted by Gasteiger charge is -2.17. The summed E-state index contributed by atoms with van der Waals surface area (Å²) in [5.74, 6) is -1.85. The topological polar surface area (TPSA) is 29.5 Å². The lowest BCUT2D eigenvalue weighted by Crippen LogP contribution is -2.20. The Morgan fingerprint density at radius 2 is 2.13 bits per heavy atom. The number of alkyl halides is 3. The summed E-state index contributed by atoms with van der Waals surface area (Å²) in [6, 6.07) is 1.75. The summed E-state index contributed by atoms with van der Waals surface area (Å²) >= 11 is 0. The first-order valence-electron chi connectivity index (χ1n) is 5.24. The molecule has 15 heavy (non-hydrogen) atoms. The van der Waals surface area contributed by atoms with Crippen molar-refractivity contribution in [1.82, 2.24) is 0 Å². The van der Waals surface area contributed by atoms with E-state index in [9.17, 15) is 17.6 Å². The molecule has 0 heterocycles. The highest BCUT2D eigenvalue weighted by Gasteiger charge is 2.40.